The third kappa shape index (κ3) is 2.69. The van der Waals surface area contributed by atoms with E-state index in [1.165, 1.54) is 44.9 Å². The lowest BCUT2D eigenvalue weighted by Gasteiger charge is -2.17. The number of aromatic nitrogens is 2. The minimum absolute atomic E-state index is 0.462. The first-order chi connectivity index (χ1) is 7.90. The van der Waals surface area contributed by atoms with Crippen molar-refractivity contribution >= 4 is 5.82 Å². The van der Waals surface area contributed by atoms with Crippen LogP contribution in [0, 0.1) is 11.3 Å². The molecule has 1 aromatic rings. The molecule has 0 saturated heterocycles. The number of rotatable bonds is 2. The van der Waals surface area contributed by atoms with Gasteiger partial charge in [-0.1, -0.05) is 25.7 Å². The molecule has 0 amide bonds. The molecule has 0 unspecified atom stereocenters. The lowest BCUT2D eigenvalue weighted by Crippen LogP contribution is -2.19. The van der Waals surface area contributed by atoms with Gasteiger partial charge in [0.1, 0.15) is 23.8 Å². The molecule has 1 N–H and O–H groups in total. The minimum Gasteiger partial charge on any atom is -0.366 e. The van der Waals surface area contributed by atoms with E-state index >= 15 is 0 Å². The van der Waals surface area contributed by atoms with Gasteiger partial charge in [-0.05, 0) is 12.8 Å². The highest BCUT2D eigenvalue weighted by molar-refractivity contribution is 5.50. The fraction of sp³-hybridized carbons (Fsp3) is 0.583. The van der Waals surface area contributed by atoms with Crippen molar-refractivity contribution in [3.05, 3.63) is 18.1 Å². The second-order valence-electron chi connectivity index (χ2n) is 4.23. The van der Waals surface area contributed by atoms with Crippen molar-refractivity contribution in [2.75, 3.05) is 5.32 Å². The van der Waals surface area contributed by atoms with Crippen molar-refractivity contribution in [1.82, 2.24) is 9.97 Å². The second kappa shape index (κ2) is 5.45. The monoisotopic (exact) mass is 216 g/mol. The number of hydrogen-bond donors (Lipinski definition) is 1. The van der Waals surface area contributed by atoms with Gasteiger partial charge in [-0.15, -0.1) is 0 Å². The zero-order valence-corrected chi connectivity index (χ0v) is 9.32. The molecule has 16 heavy (non-hydrogen) atoms. The van der Waals surface area contributed by atoms with Crippen LogP contribution in [0.15, 0.2) is 12.5 Å². The molecule has 1 aromatic heterocycles. The van der Waals surface area contributed by atoms with Gasteiger partial charge in [-0.2, -0.15) is 5.26 Å². The molecule has 0 atom stereocenters. The molecule has 4 heteroatoms. The number of hydrogen-bond acceptors (Lipinski definition) is 4. The Morgan fingerprint density at radius 3 is 2.69 bits per heavy atom. The van der Waals surface area contributed by atoms with Crippen LogP contribution in [0.3, 0.4) is 0 Å². The van der Waals surface area contributed by atoms with E-state index in [2.05, 4.69) is 21.4 Å². The molecule has 84 valence electrons. The molecule has 4 nitrogen and oxygen atoms in total. The van der Waals surface area contributed by atoms with Crippen LogP contribution in [-0.4, -0.2) is 16.0 Å². The average Bonchev–Trinajstić information content (AvgIpc) is 2.58. The largest absolute Gasteiger partial charge is 0.366 e. The predicted molar refractivity (Wildman–Crippen MR) is 61.9 cm³/mol. The lowest BCUT2D eigenvalue weighted by atomic mass is 10.1. The van der Waals surface area contributed by atoms with Gasteiger partial charge >= 0.3 is 0 Å². The van der Waals surface area contributed by atoms with E-state index < -0.39 is 0 Å². The molecule has 1 heterocycles. The summed E-state index contributed by atoms with van der Waals surface area (Å²) in [6.45, 7) is 0. The Labute approximate surface area is 95.7 Å². The Kier molecular flexibility index (Phi) is 3.71. The number of nitrogens with one attached hydrogen (secondary N) is 1. The zero-order chi connectivity index (χ0) is 11.2. The second-order valence-corrected chi connectivity index (χ2v) is 4.23. The van der Waals surface area contributed by atoms with Crippen molar-refractivity contribution in [2.24, 2.45) is 0 Å². The summed E-state index contributed by atoms with van der Waals surface area (Å²) in [5, 5.41) is 12.3. The molecule has 2 rings (SSSR count). The van der Waals surface area contributed by atoms with Crippen LogP contribution in [-0.2, 0) is 0 Å². The molecule has 0 aliphatic heterocycles. The number of nitriles is 1. The molecular formula is C12H16N4. The summed E-state index contributed by atoms with van der Waals surface area (Å²) in [4.78, 5) is 7.98. The van der Waals surface area contributed by atoms with E-state index in [-0.39, 0.29) is 0 Å². The van der Waals surface area contributed by atoms with Crippen molar-refractivity contribution in [3.63, 3.8) is 0 Å². The van der Waals surface area contributed by atoms with Crippen LogP contribution in [0.4, 0.5) is 5.82 Å². The molecule has 1 saturated carbocycles. The molecule has 1 fully saturated rings. The van der Waals surface area contributed by atoms with E-state index in [1.807, 2.05) is 0 Å². The summed E-state index contributed by atoms with van der Waals surface area (Å²) in [5.74, 6) is 0.685. The normalized spacial score (nSPS) is 17.4. The van der Waals surface area contributed by atoms with Gasteiger partial charge in [0.25, 0.3) is 0 Å². The van der Waals surface area contributed by atoms with Crippen LogP contribution < -0.4 is 5.32 Å². The van der Waals surface area contributed by atoms with Crippen LogP contribution in [0.1, 0.15) is 44.1 Å². The Morgan fingerprint density at radius 1 is 1.25 bits per heavy atom. The Bertz CT molecular complexity index is 375. The summed E-state index contributed by atoms with van der Waals surface area (Å²) >= 11 is 0. The Hall–Kier alpha value is -1.63. The number of anilines is 1. The first-order valence-electron chi connectivity index (χ1n) is 5.87. The summed E-state index contributed by atoms with van der Waals surface area (Å²) in [6, 6.07) is 2.58. The maximum Gasteiger partial charge on any atom is 0.147 e. The maximum atomic E-state index is 8.93. The smallest absolute Gasteiger partial charge is 0.147 e. The molecule has 0 bridgehead atoms. The van der Waals surface area contributed by atoms with E-state index in [0.29, 0.717) is 17.4 Å². The highest BCUT2D eigenvalue weighted by Gasteiger charge is 2.14. The minimum atomic E-state index is 0.462. The van der Waals surface area contributed by atoms with Gasteiger partial charge < -0.3 is 5.32 Å². The topological polar surface area (TPSA) is 61.6 Å². The van der Waals surface area contributed by atoms with Gasteiger partial charge in [-0.25, -0.2) is 9.97 Å². The first-order valence-corrected chi connectivity index (χ1v) is 5.87. The molecule has 1 aliphatic carbocycles. The van der Waals surface area contributed by atoms with Crippen LogP contribution in [0.25, 0.3) is 0 Å². The van der Waals surface area contributed by atoms with Crippen molar-refractivity contribution in [2.45, 2.75) is 44.6 Å². The van der Waals surface area contributed by atoms with E-state index in [0.717, 1.165) is 0 Å². The third-order valence-electron chi connectivity index (χ3n) is 3.03. The fourth-order valence-electron chi connectivity index (χ4n) is 2.14. The van der Waals surface area contributed by atoms with Gasteiger partial charge in [0.15, 0.2) is 0 Å². The van der Waals surface area contributed by atoms with E-state index in [4.69, 9.17) is 5.26 Å². The third-order valence-corrected chi connectivity index (χ3v) is 3.03. The predicted octanol–water partition coefficient (Wildman–Crippen LogP) is 2.48. The SMILES string of the molecule is N#Cc1cncnc1NC1CCCCCC1. The van der Waals surface area contributed by atoms with Gasteiger partial charge in [0.2, 0.25) is 0 Å². The Balaban J connectivity index is 2.05. The average molecular weight is 216 g/mol. The fourth-order valence-corrected chi connectivity index (χ4v) is 2.14. The highest BCUT2D eigenvalue weighted by Crippen LogP contribution is 2.21. The van der Waals surface area contributed by atoms with Crippen molar-refractivity contribution in [3.8, 4) is 6.07 Å². The molecule has 0 aromatic carbocycles. The molecular weight excluding hydrogens is 200 g/mol. The summed E-state index contributed by atoms with van der Waals surface area (Å²) in [6.07, 6.45) is 10.6. The van der Waals surface area contributed by atoms with Crippen LogP contribution in [0.5, 0.6) is 0 Å². The quantitative estimate of drug-likeness (QED) is 0.771. The summed E-state index contributed by atoms with van der Waals surface area (Å²) in [7, 11) is 0. The molecule has 0 radical (unpaired) electrons. The van der Waals surface area contributed by atoms with Gasteiger partial charge in [-0.3, -0.25) is 0 Å². The number of nitrogens with zero attached hydrogens (tertiary/aromatic N) is 3. The summed E-state index contributed by atoms with van der Waals surface area (Å²) in [5.41, 5.74) is 0.534. The van der Waals surface area contributed by atoms with Crippen LogP contribution in [0.2, 0.25) is 0 Å². The lowest BCUT2D eigenvalue weighted by molar-refractivity contribution is 0.617. The van der Waals surface area contributed by atoms with Crippen molar-refractivity contribution in [1.29, 1.82) is 5.26 Å². The van der Waals surface area contributed by atoms with E-state index in [9.17, 15) is 0 Å². The zero-order valence-electron chi connectivity index (χ0n) is 9.32. The maximum absolute atomic E-state index is 8.93. The summed E-state index contributed by atoms with van der Waals surface area (Å²) < 4.78 is 0. The van der Waals surface area contributed by atoms with Gasteiger partial charge in [0, 0.05) is 6.04 Å². The van der Waals surface area contributed by atoms with Crippen LogP contribution >= 0.6 is 0 Å². The van der Waals surface area contributed by atoms with Gasteiger partial charge in [0.05, 0.1) is 6.20 Å². The standard InChI is InChI=1S/C12H16N4/c13-7-10-8-14-9-15-12(10)16-11-5-3-1-2-4-6-11/h8-9,11H,1-6H2,(H,14,15,16). The van der Waals surface area contributed by atoms with Crippen molar-refractivity contribution < 1.29 is 0 Å². The highest BCUT2D eigenvalue weighted by atomic mass is 15.0. The molecule has 0 spiro atoms. The molecule has 1 aliphatic rings. The first kappa shape index (κ1) is 10.9. The van der Waals surface area contributed by atoms with E-state index in [1.54, 1.807) is 6.20 Å². The Morgan fingerprint density at radius 2 is 2.00 bits per heavy atom.